The van der Waals surface area contributed by atoms with Crippen LogP contribution in [0.3, 0.4) is 0 Å². The predicted molar refractivity (Wildman–Crippen MR) is 87.1 cm³/mol. The third kappa shape index (κ3) is 2.79. The quantitative estimate of drug-likeness (QED) is 0.468. The molecule has 0 saturated carbocycles. The summed E-state index contributed by atoms with van der Waals surface area (Å²) in [6, 6.07) is 5.77. The van der Waals surface area contributed by atoms with Crippen molar-refractivity contribution >= 4 is 11.0 Å². The molecular weight excluding hydrogens is 350 g/mol. The zero-order valence-electron chi connectivity index (χ0n) is 13.1. The van der Waals surface area contributed by atoms with Crippen LogP contribution in [-0.2, 0) is 0 Å². The van der Waals surface area contributed by atoms with Gasteiger partial charge < -0.3 is 24.5 Å². The van der Waals surface area contributed by atoms with E-state index < -0.39 is 27.4 Å². The summed E-state index contributed by atoms with van der Waals surface area (Å²) in [5.41, 5.74) is -1.11. The van der Waals surface area contributed by atoms with Gasteiger partial charge >= 0.3 is 0 Å². The Kier molecular flexibility index (Phi) is 4.01. The Labute approximate surface area is 144 Å². The largest absolute Gasteiger partial charge is 0.508 e. The van der Waals surface area contributed by atoms with Gasteiger partial charge in [-0.05, 0) is 18.2 Å². The molecule has 0 aliphatic carbocycles. The number of aromatic hydroxyl groups is 3. The first-order valence-corrected chi connectivity index (χ1v) is 7.04. The van der Waals surface area contributed by atoms with Gasteiger partial charge in [-0.1, -0.05) is 0 Å². The number of nitrogens with zero attached hydrogens (tertiary/aromatic N) is 1. The second-order valence-corrected chi connectivity index (χ2v) is 5.13. The van der Waals surface area contributed by atoms with Gasteiger partial charge in [0.2, 0.25) is 11.2 Å². The minimum Gasteiger partial charge on any atom is -0.508 e. The highest BCUT2D eigenvalue weighted by molar-refractivity contribution is 5.88. The van der Waals surface area contributed by atoms with E-state index in [4.69, 9.17) is 9.15 Å². The van der Waals surface area contributed by atoms with E-state index in [9.17, 15) is 30.2 Å². The van der Waals surface area contributed by atoms with E-state index in [1.165, 1.54) is 25.3 Å². The summed E-state index contributed by atoms with van der Waals surface area (Å²) in [4.78, 5) is 27.8. The molecule has 1 aromatic heterocycles. The van der Waals surface area contributed by atoms with Crippen LogP contribution in [0.15, 0.2) is 39.5 Å². The zero-order valence-corrected chi connectivity index (χ0v) is 13.1. The molecule has 1 heterocycles. The summed E-state index contributed by atoms with van der Waals surface area (Å²) in [6.45, 7) is 0. The van der Waals surface area contributed by atoms with Crippen molar-refractivity contribution in [2.45, 2.75) is 0 Å². The van der Waals surface area contributed by atoms with Crippen molar-refractivity contribution in [2.24, 2.45) is 0 Å². The maximum absolute atomic E-state index is 12.6. The number of fused-ring (bicyclic) bond motifs is 1. The second-order valence-electron chi connectivity index (χ2n) is 5.13. The van der Waals surface area contributed by atoms with Crippen LogP contribution < -0.4 is 15.0 Å². The van der Waals surface area contributed by atoms with Crippen LogP contribution >= 0.6 is 0 Å². The number of phenolic OH excluding ortho intramolecular Hbond substituents is 3. The number of hydrogen-bond acceptors (Lipinski definition) is 9. The monoisotopic (exact) mass is 361 g/mol. The maximum atomic E-state index is 12.6. The predicted octanol–water partition coefficient (Wildman–Crippen LogP) is 2.16. The lowest BCUT2D eigenvalue weighted by molar-refractivity contribution is -0.711. The average molecular weight is 361 g/mol. The Morgan fingerprint density at radius 3 is 2.50 bits per heavy atom. The summed E-state index contributed by atoms with van der Waals surface area (Å²) in [5, 5.41) is 38.3. The van der Waals surface area contributed by atoms with Gasteiger partial charge in [-0.15, -0.1) is 10.1 Å². The van der Waals surface area contributed by atoms with E-state index in [0.717, 1.165) is 12.1 Å². The lowest BCUT2D eigenvalue weighted by atomic mass is 10.1. The van der Waals surface area contributed by atoms with Crippen LogP contribution in [0, 0.1) is 10.1 Å². The zero-order chi connectivity index (χ0) is 19.0. The van der Waals surface area contributed by atoms with E-state index in [1.807, 2.05) is 0 Å². The van der Waals surface area contributed by atoms with Gasteiger partial charge in [0, 0.05) is 17.7 Å². The third-order valence-corrected chi connectivity index (χ3v) is 3.53. The van der Waals surface area contributed by atoms with Crippen molar-refractivity contribution in [2.75, 3.05) is 7.11 Å². The van der Waals surface area contributed by atoms with E-state index in [-0.39, 0.29) is 34.2 Å². The molecule has 0 aliphatic heterocycles. The Morgan fingerprint density at radius 2 is 1.85 bits per heavy atom. The topological polar surface area (TPSA) is 152 Å². The Morgan fingerprint density at radius 1 is 1.12 bits per heavy atom. The van der Waals surface area contributed by atoms with Crippen LogP contribution in [0.5, 0.6) is 28.7 Å². The van der Waals surface area contributed by atoms with Gasteiger partial charge in [-0.25, -0.2) is 0 Å². The molecule has 3 rings (SSSR count). The van der Waals surface area contributed by atoms with Crippen molar-refractivity contribution in [3.8, 4) is 40.1 Å². The molecule has 0 fully saturated rings. The lowest BCUT2D eigenvalue weighted by Gasteiger charge is -2.11. The van der Waals surface area contributed by atoms with Gasteiger partial charge in [0.1, 0.15) is 22.5 Å². The van der Waals surface area contributed by atoms with Crippen LogP contribution in [0.2, 0.25) is 0 Å². The first-order valence-electron chi connectivity index (χ1n) is 7.04. The minimum absolute atomic E-state index is 0.0241. The fourth-order valence-electron chi connectivity index (χ4n) is 2.43. The number of methoxy groups -OCH3 is 1. The highest BCUT2D eigenvalue weighted by Crippen LogP contribution is 2.38. The molecule has 10 heteroatoms. The molecule has 0 unspecified atom stereocenters. The number of rotatable bonds is 4. The molecule has 2 aromatic carbocycles. The lowest BCUT2D eigenvalue weighted by Crippen LogP contribution is -2.14. The van der Waals surface area contributed by atoms with Gasteiger partial charge in [-0.3, -0.25) is 9.63 Å². The van der Waals surface area contributed by atoms with Crippen LogP contribution in [0.1, 0.15) is 0 Å². The van der Waals surface area contributed by atoms with Gasteiger partial charge in [0.25, 0.3) is 5.09 Å². The smallest absolute Gasteiger partial charge is 0.300 e. The summed E-state index contributed by atoms with van der Waals surface area (Å²) in [7, 11) is 1.29. The van der Waals surface area contributed by atoms with Crippen molar-refractivity contribution in [3.63, 3.8) is 0 Å². The SMILES string of the molecule is COc1cc(-c2oc3cc(O)cc(O)c3c(=O)c2O[N+](=O)[O-])ccc1O. The molecule has 0 bridgehead atoms. The summed E-state index contributed by atoms with van der Waals surface area (Å²) in [6.07, 6.45) is 0. The van der Waals surface area contributed by atoms with E-state index in [2.05, 4.69) is 4.84 Å². The van der Waals surface area contributed by atoms with Gasteiger partial charge in [0.05, 0.1) is 7.11 Å². The van der Waals surface area contributed by atoms with Crippen molar-refractivity contribution in [3.05, 3.63) is 50.7 Å². The summed E-state index contributed by atoms with van der Waals surface area (Å²) < 4.78 is 10.4. The maximum Gasteiger partial charge on any atom is 0.300 e. The van der Waals surface area contributed by atoms with Crippen LogP contribution in [-0.4, -0.2) is 27.5 Å². The van der Waals surface area contributed by atoms with Crippen molar-refractivity contribution < 1.29 is 34.4 Å². The first-order chi connectivity index (χ1) is 12.3. The third-order valence-electron chi connectivity index (χ3n) is 3.53. The molecule has 26 heavy (non-hydrogen) atoms. The van der Waals surface area contributed by atoms with Crippen LogP contribution in [0.25, 0.3) is 22.3 Å². The van der Waals surface area contributed by atoms with E-state index in [1.54, 1.807) is 0 Å². The van der Waals surface area contributed by atoms with Crippen molar-refractivity contribution in [1.29, 1.82) is 0 Å². The van der Waals surface area contributed by atoms with E-state index in [0.29, 0.717) is 0 Å². The molecule has 3 aromatic rings. The van der Waals surface area contributed by atoms with Crippen LogP contribution in [0.4, 0.5) is 0 Å². The molecule has 0 spiro atoms. The molecule has 0 amide bonds. The summed E-state index contributed by atoms with van der Waals surface area (Å²) >= 11 is 0. The Hall–Kier alpha value is -3.95. The Bertz CT molecular complexity index is 1090. The molecule has 10 nitrogen and oxygen atoms in total. The first kappa shape index (κ1) is 16.9. The number of ether oxygens (including phenoxy) is 1. The second kappa shape index (κ2) is 6.16. The molecule has 0 aliphatic rings. The molecule has 3 N–H and O–H groups in total. The molecule has 134 valence electrons. The Balaban J connectivity index is 2.39. The van der Waals surface area contributed by atoms with Crippen molar-refractivity contribution in [1.82, 2.24) is 0 Å². The minimum atomic E-state index is -1.20. The molecule has 0 atom stereocenters. The average Bonchev–Trinajstić information content (AvgIpc) is 2.56. The highest BCUT2D eigenvalue weighted by atomic mass is 17.0. The van der Waals surface area contributed by atoms with E-state index >= 15 is 0 Å². The number of benzene rings is 2. The highest BCUT2D eigenvalue weighted by Gasteiger charge is 2.23. The molecule has 0 saturated heterocycles. The fraction of sp³-hybridized carbons (Fsp3) is 0.0625. The van der Waals surface area contributed by atoms with Gasteiger partial charge in [-0.2, -0.15) is 0 Å². The fourth-order valence-corrected chi connectivity index (χ4v) is 2.43. The summed E-state index contributed by atoms with van der Waals surface area (Å²) in [5.74, 6) is -2.31. The molecular formula is C16H11NO9. The molecule has 0 radical (unpaired) electrons. The normalized spacial score (nSPS) is 10.7. The van der Waals surface area contributed by atoms with Gasteiger partial charge in [0.15, 0.2) is 17.3 Å². The standard InChI is InChI=1S/C16H11NO9/c1-24-11-4-7(2-3-9(11)19)15-16(26-17(22)23)14(21)13-10(20)5-8(18)6-12(13)25-15/h2-6,18-20H,1H3. The number of hydrogen-bond donors (Lipinski definition) is 3. The number of phenols is 3.